The Bertz CT molecular complexity index is 561. The predicted molar refractivity (Wildman–Crippen MR) is 74.4 cm³/mol. The second-order valence-corrected chi connectivity index (χ2v) is 4.70. The maximum absolute atomic E-state index is 13.7. The Kier molecular flexibility index (Phi) is 3.66. The van der Waals surface area contributed by atoms with E-state index in [0.717, 1.165) is 5.56 Å². The molecule has 0 amide bonds. The molecule has 94 valence electrons. The van der Waals surface area contributed by atoms with Gasteiger partial charge in [0, 0.05) is 6.54 Å². The van der Waals surface area contributed by atoms with Crippen molar-refractivity contribution in [1.82, 2.24) is 0 Å². The Hall–Kier alpha value is -1.83. The number of hydrogen-bond donors (Lipinski definition) is 1. The van der Waals surface area contributed by atoms with Gasteiger partial charge >= 0.3 is 0 Å². The monoisotopic (exact) mass is 243 g/mol. The fourth-order valence-electron chi connectivity index (χ4n) is 1.96. The number of aryl methyl sites for hydroxylation is 2. The average Bonchev–Trinajstić information content (AvgIpc) is 2.33. The summed E-state index contributed by atoms with van der Waals surface area (Å²) in [6.07, 6.45) is 0. The lowest BCUT2D eigenvalue weighted by atomic mass is 10.0. The van der Waals surface area contributed by atoms with Gasteiger partial charge in [0.1, 0.15) is 5.82 Å². The highest BCUT2D eigenvalue weighted by Gasteiger charge is 2.04. The van der Waals surface area contributed by atoms with Crippen molar-refractivity contribution in [2.75, 3.05) is 5.32 Å². The van der Waals surface area contributed by atoms with E-state index in [9.17, 15) is 4.39 Å². The first-order chi connectivity index (χ1) is 8.58. The highest BCUT2D eigenvalue weighted by atomic mass is 19.1. The molecule has 0 aromatic heterocycles. The predicted octanol–water partition coefficient (Wildman–Crippen LogP) is 4.36. The van der Waals surface area contributed by atoms with Crippen LogP contribution in [0.4, 0.5) is 10.1 Å². The zero-order valence-corrected chi connectivity index (χ0v) is 11.0. The summed E-state index contributed by atoms with van der Waals surface area (Å²) in [7, 11) is 0. The quantitative estimate of drug-likeness (QED) is 0.844. The van der Waals surface area contributed by atoms with Crippen LogP contribution in [0.1, 0.15) is 22.3 Å². The van der Waals surface area contributed by atoms with Crippen molar-refractivity contribution in [3.8, 4) is 0 Å². The molecule has 0 radical (unpaired) electrons. The molecule has 0 atom stereocenters. The minimum atomic E-state index is -0.194. The lowest BCUT2D eigenvalue weighted by Gasteiger charge is -2.11. The molecule has 0 unspecified atom stereocenters. The minimum absolute atomic E-state index is 0.194. The van der Waals surface area contributed by atoms with E-state index < -0.39 is 0 Å². The van der Waals surface area contributed by atoms with Crippen LogP contribution in [0, 0.1) is 26.6 Å². The van der Waals surface area contributed by atoms with Crippen molar-refractivity contribution in [3.05, 3.63) is 64.5 Å². The molecule has 0 aliphatic carbocycles. The molecule has 18 heavy (non-hydrogen) atoms. The third kappa shape index (κ3) is 2.70. The summed E-state index contributed by atoms with van der Waals surface area (Å²) in [4.78, 5) is 0. The number of nitrogens with one attached hydrogen (secondary N) is 1. The van der Waals surface area contributed by atoms with Crippen molar-refractivity contribution in [2.24, 2.45) is 0 Å². The van der Waals surface area contributed by atoms with Gasteiger partial charge in [0.05, 0.1) is 5.69 Å². The lowest BCUT2D eigenvalue weighted by Crippen LogP contribution is -2.03. The average molecular weight is 243 g/mol. The van der Waals surface area contributed by atoms with Crippen LogP contribution in [-0.2, 0) is 6.54 Å². The number of anilines is 1. The summed E-state index contributed by atoms with van der Waals surface area (Å²) in [6, 6.07) is 11.4. The molecule has 2 aromatic rings. The molecular weight excluding hydrogens is 225 g/mol. The Morgan fingerprint density at radius 2 is 1.83 bits per heavy atom. The summed E-state index contributed by atoms with van der Waals surface area (Å²) >= 11 is 0. The van der Waals surface area contributed by atoms with Gasteiger partial charge in [0.25, 0.3) is 0 Å². The van der Waals surface area contributed by atoms with Crippen LogP contribution in [0.2, 0.25) is 0 Å². The molecule has 0 heterocycles. The van der Waals surface area contributed by atoms with Crippen molar-refractivity contribution in [1.29, 1.82) is 0 Å². The third-order valence-corrected chi connectivity index (χ3v) is 3.31. The van der Waals surface area contributed by atoms with Crippen molar-refractivity contribution in [3.63, 3.8) is 0 Å². The molecule has 2 heteroatoms. The van der Waals surface area contributed by atoms with Crippen LogP contribution < -0.4 is 5.32 Å². The van der Waals surface area contributed by atoms with E-state index in [4.69, 9.17) is 0 Å². The zero-order chi connectivity index (χ0) is 13.1. The molecule has 0 bridgehead atoms. The second-order valence-electron chi connectivity index (χ2n) is 4.70. The van der Waals surface area contributed by atoms with Crippen LogP contribution >= 0.6 is 0 Å². The lowest BCUT2D eigenvalue weighted by molar-refractivity contribution is 0.629. The molecule has 0 saturated carbocycles. The summed E-state index contributed by atoms with van der Waals surface area (Å²) in [5.41, 5.74) is 5.22. The van der Waals surface area contributed by atoms with E-state index in [-0.39, 0.29) is 5.82 Å². The van der Waals surface area contributed by atoms with E-state index in [1.165, 1.54) is 16.7 Å². The van der Waals surface area contributed by atoms with Gasteiger partial charge in [-0.15, -0.1) is 0 Å². The fourth-order valence-corrected chi connectivity index (χ4v) is 1.96. The van der Waals surface area contributed by atoms with Gasteiger partial charge in [0.2, 0.25) is 0 Å². The van der Waals surface area contributed by atoms with E-state index in [2.05, 4.69) is 31.3 Å². The van der Waals surface area contributed by atoms with E-state index in [1.807, 2.05) is 19.1 Å². The summed E-state index contributed by atoms with van der Waals surface area (Å²) in [5.74, 6) is -0.194. The molecule has 0 saturated heterocycles. The zero-order valence-electron chi connectivity index (χ0n) is 11.0. The van der Waals surface area contributed by atoms with E-state index >= 15 is 0 Å². The third-order valence-electron chi connectivity index (χ3n) is 3.31. The Balaban J connectivity index is 2.14. The largest absolute Gasteiger partial charge is 0.379 e. The Morgan fingerprint density at radius 1 is 1.06 bits per heavy atom. The maximum Gasteiger partial charge on any atom is 0.146 e. The van der Waals surface area contributed by atoms with Gasteiger partial charge in [-0.1, -0.05) is 24.3 Å². The first-order valence-corrected chi connectivity index (χ1v) is 6.13. The Labute approximate surface area is 108 Å². The van der Waals surface area contributed by atoms with Gasteiger partial charge in [0.15, 0.2) is 0 Å². The topological polar surface area (TPSA) is 12.0 Å². The SMILES string of the molecule is Cc1ccc(NCc2cccc(C)c2C)c(F)c1. The van der Waals surface area contributed by atoms with Crippen molar-refractivity contribution in [2.45, 2.75) is 27.3 Å². The minimum Gasteiger partial charge on any atom is -0.379 e. The number of halogens is 1. The van der Waals surface area contributed by atoms with Gasteiger partial charge in [-0.3, -0.25) is 0 Å². The standard InChI is InChI=1S/C16H18FN/c1-11-7-8-16(15(17)9-11)18-10-14-6-4-5-12(2)13(14)3/h4-9,18H,10H2,1-3H3. The molecule has 2 aromatic carbocycles. The Morgan fingerprint density at radius 3 is 2.56 bits per heavy atom. The highest BCUT2D eigenvalue weighted by molar-refractivity contribution is 5.47. The van der Waals surface area contributed by atoms with E-state index in [0.29, 0.717) is 12.2 Å². The van der Waals surface area contributed by atoms with Crippen LogP contribution in [0.15, 0.2) is 36.4 Å². The van der Waals surface area contributed by atoms with Crippen LogP contribution in [-0.4, -0.2) is 0 Å². The molecule has 0 aliphatic heterocycles. The smallest absolute Gasteiger partial charge is 0.146 e. The van der Waals surface area contributed by atoms with Gasteiger partial charge in [-0.25, -0.2) is 4.39 Å². The number of benzene rings is 2. The summed E-state index contributed by atoms with van der Waals surface area (Å²) in [6.45, 7) is 6.72. The van der Waals surface area contributed by atoms with Crippen LogP contribution in [0.5, 0.6) is 0 Å². The fraction of sp³-hybridized carbons (Fsp3) is 0.250. The second kappa shape index (κ2) is 5.21. The summed E-state index contributed by atoms with van der Waals surface area (Å²) in [5, 5.41) is 3.15. The molecule has 0 aliphatic rings. The van der Waals surface area contributed by atoms with E-state index in [1.54, 1.807) is 12.1 Å². The first kappa shape index (κ1) is 12.6. The number of rotatable bonds is 3. The summed E-state index contributed by atoms with van der Waals surface area (Å²) < 4.78 is 13.7. The number of hydrogen-bond acceptors (Lipinski definition) is 1. The van der Waals surface area contributed by atoms with Crippen LogP contribution in [0.25, 0.3) is 0 Å². The normalized spacial score (nSPS) is 10.4. The van der Waals surface area contributed by atoms with Crippen molar-refractivity contribution >= 4 is 5.69 Å². The van der Waals surface area contributed by atoms with Crippen molar-refractivity contribution < 1.29 is 4.39 Å². The molecule has 1 N–H and O–H groups in total. The maximum atomic E-state index is 13.7. The molecular formula is C16H18FN. The first-order valence-electron chi connectivity index (χ1n) is 6.13. The highest BCUT2D eigenvalue weighted by Crippen LogP contribution is 2.18. The molecule has 0 fully saturated rings. The van der Waals surface area contributed by atoms with Gasteiger partial charge in [-0.2, -0.15) is 0 Å². The van der Waals surface area contributed by atoms with Crippen LogP contribution in [0.3, 0.4) is 0 Å². The molecule has 1 nitrogen and oxygen atoms in total. The molecule has 2 rings (SSSR count). The van der Waals surface area contributed by atoms with Gasteiger partial charge in [-0.05, 0) is 55.2 Å². The van der Waals surface area contributed by atoms with Gasteiger partial charge < -0.3 is 5.32 Å². The molecule has 0 spiro atoms.